The highest BCUT2D eigenvalue weighted by Crippen LogP contribution is 2.62. The first-order valence-corrected chi connectivity index (χ1v) is 5.02. The van der Waals surface area contributed by atoms with Gasteiger partial charge in [0.1, 0.15) is 0 Å². The van der Waals surface area contributed by atoms with Gasteiger partial charge < -0.3 is 15.0 Å². The Labute approximate surface area is 83.8 Å². The second-order valence-electron chi connectivity index (χ2n) is 5.23. The number of fused-ring (bicyclic) bond motifs is 2. The fraction of sp³-hybridized carbons (Fsp3) is 0.900. The molecule has 0 radical (unpaired) electrons. The van der Waals surface area contributed by atoms with Crippen molar-refractivity contribution in [3.05, 3.63) is 5.21 Å². The van der Waals surface area contributed by atoms with Gasteiger partial charge in [0, 0.05) is 6.42 Å². The van der Waals surface area contributed by atoms with Gasteiger partial charge in [-0.3, -0.25) is 4.79 Å². The van der Waals surface area contributed by atoms with Crippen LogP contribution in [0.4, 0.5) is 0 Å². The minimum Gasteiger partial charge on any atom is -0.632 e. The second-order valence-corrected chi connectivity index (χ2v) is 5.23. The summed E-state index contributed by atoms with van der Waals surface area (Å²) in [6.07, 6.45) is 1.44. The van der Waals surface area contributed by atoms with Crippen LogP contribution in [0.3, 0.4) is 0 Å². The van der Waals surface area contributed by atoms with E-state index in [4.69, 9.17) is 4.74 Å². The summed E-state index contributed by atoms with van der Waals surface area (Å²) < 4.78 is 5.34. The first-order valence-electron chi connectivity index (χ1n) is 5.02. The van der Waals surface area contributed by atoms with Crippen molar-refractivity contribution in [3.8, 4) is 0 Å². The molecule has 4 heteroatoms. The molecule has 3 atom stereocenters. The fourth-order valence-electron chi connectivity index (χ4n) is 2.99. The molecule has 1 heterocycles. The predicted octanol–water partition coefficient (Wildman–Crippen LogP) is 0.0783. The maximum atomic E-state index is 11.7. The molecule has 4 nitrogen and oxygen atoms in total. The van der Waals surface area contributed by atoms with Crippen LogP contribution in [0.5, 0.6) is 0 Å². The molecule has 14 heavy (non-hydrogen) atoms. The molecule has 1 saturated carbocycles. The predicted molar refractivity (Wildman–Crippen MR) is 50.2 cm³/mol. The fourth-order valence-corrected chi connectivity index (χ4v) is 2.99. The number of carbonyl (C=O) groups is 1. The normalized spacial score (nSPS) is 46.5. The van der Waals surface area contributed by atoms with Crippen LogP contribution in [-0.4, -0.2) is 18.7 Å². The Morgan fingerprint density at radius 3 is 2.14 bits per heavy atom. The molecule has 2 bridgehead atoms. The Morgan fingerprint density at radius 2 is 1.93 bits per heavy atom. The van der Waals surface area contributed by atoms with Crippen molar-refractivity contribution in [2.45, 2.75) is 39.3 Å². The standard InChI is InChI=1S/C10H17NO3/c1-8(2)9(3)5-6-10(8,11(4)13)14-7(9)12/h11H,5-6H2,1-4H3. The first-order chi connectivity index (χ1) is 6.28. The molecule has 1 aliphatic carbocycles. The lowest BCUT2D eigenvalue weighted by molar-refractivity contribution is -0.920. The van der Waals surface area contributed by atoms with Gasteiger partial charge >= 0.3 is 5.97 Å². The third-order valence-electron chi connectivity index (χ3n) is 4.65. The van der Waals surface area contributed by atoms with Gasteiger partial charge in [0.15, 0.2) is 0 Å². The average Bonchev–Trinajstić information content (AvgIpc) is 2.34. The van der Waals surface area contributed by atoms with E-state index in [1.54, 1.807) is 0 Å². The Kier molecular flexibility index (Phi) is 1.64. The van der Waals surface area contributed by atoms with Crippen LogP contribution in [-0.2, 0) is 9.53 Å². The number of quaternary nitrogens is 1. The van der Waals surface area contributed by atoms with Gasteiger partial charge in [-0.1, -0.05) is 0 Å². The molecule has 2 rings (SSSR count). The van der Waals surface area contributed by atoms with E-state index in [2.05, 4.69) is 0 Å². The van der Waals surface area contributed by atoms with Crippen LogP contribution < -0.4 is 5.06 Å². The largest absolute Gasteiger partial charge is 0.632 e. The summed E-state index contributed by atoms with van der Waals surface area (Å²) in [6, 6.07) is 0. The Balaban J connectivity index is 2.54. The van der Waals surface area contributed by atoms with Gasteiger partial charge in [-0.25, -0.2) is 0 Å². The Morgan fingerprint density at radius 1 is 1.36 bits per heavy atom. The Hall–Kier alpha value is -0.610. The summed E-state index contributed by atoms with van der Waals surface area (Å²) >= 11 is 0. The maximum Gasteiger partial charge on any atom is 0.317 e. The van der Waals surface area contributed by atoms with Crippen LogP contribution in [0.1, 0.15) is 33.6 Å². The van der Waals surface area contributed by atoms with Crippen LogP contribution >= 0.6 is 0 Å². The van der Waals surface area contributed by atoms with E-state index in [0.29, 0.717) is 6.42 Å². The highest BCUT2D eigenvalue weighted by atomic mass is 16.6. The van der Waals surface area contributed by atoms with Gasteiger partial charge in [-0.15, -0.1) is 0 Å². The van der Waals surface area contributed by atoms with E-state index in [0.717, 1.165) is 6.42 Å². The first kappa shape index (κ1) is 9.93. The quantitative estimate of drug-likeness (QED) is 0.480. The number of esters is 1. The van der Waals surface area contributed by atoms with Crippen molar-refractivity contribution in [1.29, 1.82) is 0 Å². The van der Waals surface area contributed by atoms with Gasteiger partial charge in [-0.2, -0.15) is 0 Å². The summed E-state index contributed by atoms with van der Waals surface area (Å²) in [5.41, 5.74) is -1.69. The summed E-state index contributed by atoms with van der Waals surface area (Å²) in [4.78, 5) is 11.7. The highest BCUT2D eigenvalue weighted by molar-refractivity contribution is 5.81. The monoisotopic (exact) mass is 199 g/mol. The molecule has 2 fully saturated rings. The van der Waals surface area contributed by atoms with Gasteiger partial charge in [0.05, 0.1) is 17.9 Å². The van der Waals surface area contributed by atoms with E-state index in [1.165, 1.54) is 7.05 Å². The zero-order valence-corrected chi connectivity index (χ0v) is 9.14. The second kappa shape index (κ2) is 2.31. The molecule has 3 unspecified atom stereocenters. The highest BCUT2D eigenvalue weighted by Gasteiger charge is 2.76. The lowest BCUT2D eigenvalue weighted by Gasteiger charge is -2.41. The molecule has 0 aromatic carbocycles. The van der Waals surface area contributed by atoms with Crippen LogP contribution in [0.25, 0.3) is 0 Å². The smallest absolute Gasteiger partial charge is 0.317 e. The molecule has 0 amide bonds. The minimum atomic E-state index is -0.848. The molecule has 1 N–H and O–H groups in total. The van der Waals surface area contributed by atoms with E-state index in [-0.39, 0.29) is 16.4 Å². The number of hydrogen-bond acceptors (Lipinski definition) is 3. The third kappa shape index (κ3) is 0.718. The summed E-state index contributed by atoms with van der Waals surface area (Å²) in [5, 5.41) is 11.6. The molecule has 0 spiro atoms. The van der Waals surface area contributed by atoms with E-state index < -0.39 is 11.1 Å². The third-order valence-corrected chi connectivity index (χ3v) is 4.65. The van der Waals surface area contributed by atoms with Crippen molar-refractivity contribution in [2.75, 3.05) is 7.05 Å². The molecule has 0 aromatic rings. The zero-order valence-electron chi connectivity index (χ0n) is 9.14. The van der Waals surface area contributed by atoms with E-state index in [9.17, 15) is 10.0 Å². The molecular weight excluding hydrogens is 182 g/mol. The van der Waals surface area contributed by atoms with Gasteiger partial charge in [-0.05, 0) is 27.2 Å². The van der Waals surface area contributed by atoms with Crippen LogP contribution in [0.2, 0.25) is 0 Å². The molecule has 1 aliphatic heterocycles. The number of carbonyl (C=O) groups excluding carboxylic acids is 1. The van der Waals surface area contributed by atoms with Gasteiger partial charge in [0.25, 0.3) is 5.72 Å². The number of nitrogens with one attached hydrogen (secondary N) is 1. The summed E-state index contributed by atoms with van der Waals surface area (Å²) in [6.45, 7) is 5.84. The number of ether oxygens (including phenoxy) is 1. The van der Waals surface area contributed by atoms with Crippen LogP contribution in [0, 0.1) is 16.0 Å². The Bertz CT molecular complexity index is 300. The van der Waals surface area contributed by atoms with Crippen molar-refractivity contribution in [3.63, 3.8) is 0 Å². The SMILES string of the molecule is C[NH+]([O-])C12CCC(C)(C(=O)O1)C2(C)C. The molecular formula is C10H17NO3. The average molecular weight is 199 g/mol. The van der Waals surface area contributed by atoms with Crippen molar-refractivity contribution >= 4 is 5.97 Å². The molecule has 2 aliphatic rings. The number of rotatable bonds is 1. The lowest BCUT2D eigenvalue weighted by Crippen LogP contribution is -3.15. The molecule has 80 valence electrons. The zero-order chi connectivity index (χ0) is 10.8. The van der Waals surface area contributed by atoms with Gasteiger partial charge in [0.2, 0.25) is 0 Å². The maximum absolute atomic E-state index is 11.7. The van der Waals surface area contributed by atoms with Crippen molar-refractivity contribution < 1.29 is 14.6 Å². The van der Waals surface area contributed by atoms with E-state index in [1.807, 2.05) is 20.8 Å². The van der Waals surface area contributed by atoms with Crippen LogP contribution in [0.15, 0.2) is 0 Å². The molecule has 0 aromatic heterocycles. The van der Waals surface area contributed by atoms with Crippen molar-refractivity contribution in [1.82, 2.24) is 0 Å². The summed E-state index contributed by atoms with van der Waals surface area (Å²) in [7, 11) is 1.52. The molecule has 1 saturated heterocycles. The van der Waals surface area contributed by atoms with Crippen molar-refractivity contribution in [2.24, 2.45) is 10.8 Å². The number of hydroxylamine groups is 2. The number of hydrogen-bond donors (Lipinski definition) is 1. The van der Waals surface area contributed by atoms with E-state index >= 15 is 0 Å². The summed E-state index contributed by atoms with van der Waals surface area (Å²) in [5.74, 6) is -0.205. The lowest BCUT2D eigenvalue weighted by atomic mass is 9.69. The topological polar surface area (TPSA) is 53.8 Å². The minimum absolute atomic E-state index is 0.0166.